The number of rotatable bonds is 12. The number of halogens is 2. The van der Waals surface area contributed by atoms with Crippen molar-refractivity contribution in [1.29, 1.82) is 0 Å². The number of nitrogens with one attached hydrogen (secondary N) is 1. The second-order valence-electron chi connectivity index (χ2n) is 8.67. The van der Waals surface area contributed by atoms with E-state index in [0.29, 0.717) is 28.7 Å². The Bertz CT molecular complexity index is 1340. The maximum absolute atomic E-state index is 13.9. The molecule has 3 rings (SSSR count). The van der Waals surface area contributed by atoms with Crippen LogP contribution in [0.5, 0.6) is 0 Å². The third kappa shape index (κ3) is 7.41. The van der Waals surface area contributed by atoms with Gasteiger partial charge < -0.3 is 10.2 Å². The molecular weight excluding hydrogens is 573 g/mol. The van der Waals surface area contributed by atoms with Crippen LogP contribution >= 0.6 is 15.9 Å². The van der Waals surface area contributed by atoms with Gasteiger partial charge in [-0.2, -0.15) is 0 Å². The first-order chi connectivity index (χ1) is 18.2. The number of hydrogen-bond donors (Lipinski definition) is 1. The molecular formula is C28H31BrFN3O4S. The fourth-order valence-corrected chi connectivity index (χ4v) is 5.77. The zero-order valence-corrected chi connectivity index (χ0v) is 23.7. The average Bonchev–Trinajstić information content (AvgIpc) is 2.91. The molecule has 0 aliphatic carbocycles. The van der Waals surface area contributed by atoms with Crippen molar-refractivity contribution in [2.24, 2.45) is 0 Å². The van der Waals surface area contributed by atoms with Gasteiger partial charge in [0, 0.05) is 17.6 Å². The molecule has 0 bridgehead atoms. The van der Waals surface area contributed by atoms with Gasteiger partial charge in [0.1, 0.15) is 18.4 Å². The summed E-state index contributed by atoms with van der Waals surface area (Å²) in [6, 6.07) is 19.3. The Morgan fingerprint density at radius 1 is 0.974 bits per heavy atom. The third-order valence-corrected chi connectivity index (χ3v) is 8.19. The molecule has 202 valence electrons. The summed E-state index contributed by atoms with van der Waals surface area (Å²) in [7, 11) is -4.13. The number of hydrogen-bond acceptors (Lipinski definition) is 4. The number of carbonyl (C=O) groups excluding carboxylic acids is 2. The minimum atomic E-state index is -4.13. The van der Waals surface area contributed by atoms with Crippen LogP contribution in [0.3, 0.4) is 0 Å². The van der Waals surface area contributed by atoms with Gasteiger partial charge in [0.25, 0.3) is 10.0 Å². The van der Waals surface area contributed by atoms with Crippen molar-refractivity contribution in [2.75, 3.05) is 17.4 Å². The minimum Gasteiger partial charge on any atom is -0.354 e. The molecule has 1 atom stereocenters. The summed E-state index contributed by atoms with van der Waals surface area (Å²) >= 11 is 3.38. The van der Waals surface area contributed by atoms with Crippen LogP contribution in [0.15, 0.2) is 88.2 Å². The molecule has 0 spiro atoms. The number of sulfonamides is 1. The maximum atomic E-state index is 13.9. The fraction of sp³-hybridized carbons (Fsp3) is 0.286. The highest BCUT2D eigenvalue weighted by molar-refractivity contribution is 9.10. The SMILES string of the molecule is CCCNC(=O)[C@@H](CC)N(Cc1ccc(F)cc1)C(=O)CN(c1cccc(Br)c1)S(=O)(=O)c1ccccc1. The van der Waals surface area contributed by atoms with Gasteiger partial charge in [-0.3, -0.25) is 13.9 Å². The van der Waals surface area contributed by atoms with Crippen molar-refractivity contribution >= 4 is 43.5 Å². The largest absolute Gasteiger partial charge is 0.354 e. The number of anilines is 1. The van der Waals surface area contributed by atoms with Crippen LogP contribution in [0.1, 0.15) is 32.3 Å². The van der Waals surface area contributed by atoms with Gasteiger partial charge in [-0.05, 0) is 60.9 Å². The molecule has 0 fully saturated rings. The summed E-state index contributed by atoms with van der Waals surface area (Å²) in [5.41, 5.74) is 0.906. The van der Waals surface area contributed by atoms with E-state index in [9.17, 15) is 22.4 Å². The first-order valence-electron chi connectivity index (χ1n) is 12.3. The summed E-state index contributed by atoms with van der Waals surface area (Å²) in [6.45, 7) is 3.63. The molecule has 0 aliphatic heterocycles. The van der Waals surface area contributed by atoms with E-state index in [0.717, 1.165) is 10.7 Å². The van der Waals surface area contributed by atoms with E-state index in [1.807, 2.05) is 6.92 Å². The Hall–Kier alpha value is -3.24. The zero-order chi connectivity index (χ0) is 27.7. The molecule has 0 saturated carbocycles. The molecule has 10 heteroatoms. The van der Waals surface area contributed by atoms with E-state index in [-0.39, 0.29) is 17.3 Å². The zero-order valence-electron chi connectivity index (χ0n) is 21.3. The fourth-order valence-electron chi connectivity index (χ4n) is 3.95. The molecule has 7 nitrogen and oxygen atoms in total. The van der Waals surface area contributed by atoms with Crippen LogP contribution in [0.4, 0.5) is 10.1 Å². The van der Waals surface area contributed by atoms with Crippen molar-refractivity contribution < 1.29 is 22.4 Å². The number of amides is 2. The van der Waals surface area contributed by atoms with Gasteiger partial charge in [-0.1, -0.05) is 66.2 Å². The lowest BCUT2D eigenvalue weighted by Gasteiger charge is -2.33. The lowest BCUT2D eigenvalue weighted by Crippen LogP contribution is -2.52. The van der Waals surface area contributed by atoms with Crippen molar-refractivity contribution in [3.63, 3.8) is 0 Å². The topological polar surface area (TPSA) is 86.8 Å². The van der Waals surface area contributed by atoms with Gasteiger partial charge in [0.15, 0.2) is 0 Å². The highest BCUT2D eigenvalue weighted by Gasteiger charge is 2.33. The Balaban J connectivity index is 2.03. The maximum Gasteiger partial charge on any atom is 0.264 e. The van der Waals surface area contributed by atoms with E-state index < -0.39 is 34.3 Å². The third-order valence-electron chi connectivity index (χ3n) is 5.91. The van der Waals surface area contributed by atoms with Crippen molar-refractivity contribution in [3.8, 4) is 0 Å². The normalized spacial score (nSPS) is 12.0. The standard InChI is InChI=1S/C28H31BrFN3O4S/c1-3-17-31-28(35)26(4-2)32(19-21-13-15-23(30)16-14-21)27(34)20-33(24-10-8-9-22(29)18-24)38(36,37)25-11-6-5-7-12-25/h5-16,18,26H,3-4,17,19-20H2,1-2H3,(H,31,35)/t26-/m1/s1. The second-order valence-corrected chi connectivity index (χ2v) is 11.4. The molecule has 0 radical (unpaired) electrons. The number of nitrogens with zero attached hydrogens (tertiary/aromatic N) is 2. The number of benzene rings is 3. The van der Waals surface area contributed by atoms with Crippen LogP contribution < -0.4 is 9.62 Å². The van der Waals surface area contributed by atoms with Crippen LogP contribution in [-0.4, -0.2) is 44.3 Å². The molecule has 0 unspecified atom stereocenters. The highest BCUT2D eigenvalue weighted by atomic mass is 79.9. The summed E-state index contributed by atoms with van der Waals surface area (Å²) in [4.78, 5) is 28.3. The van der Waals surface area contributed by atoms with Gasteiger partial charge >= 0.3 is 0 Å². The van der Waals surface area contributed by atoms with Crippen LogP contribution in [0.25, 0.3) is 0 Å². The van der Waals surface area contributed by atoms with E-state index >= 15 is 0 Å². The molecule has 0 aromatic heterocycles. The quantitative estimate of drug-likeness (QED) is 0.311. The lowest BCUT2D eigenvalue weighted by molar-refractivity contribution is -0.140. The monoisotopic (exact) mass is 603 g/mol. The summed E-state index contributed by atoms with van der Waals surface area (Å²) in [5.74, 6) is -1.31. The summed E-state index contributed by atoms with van der Waals surface area (Å²) in [5, 5.41) is 2.83. The molecule has 0 saturated heterocycles. The Morgan fingerprint density at radius 2 is 1.66 bits per heavy atom. The van der Waals surface area contributed by atoms with Crippen molar-refractivity contribution in [2.45, 2.75) is 44.2 Å². The molecule has 38 heavy (non-hydrogen) atoms. The molecule has 3 aromatic rings. The average molecular weight is 605 g/mol. The molecule has 3 aromatic carbocycles. The first-order valence-corrected chi connectivity index (χ1v) is 14.6. The predicted molar refractivity (Wildman–Crippen MR) is 149 cm³/mol. The predicted octanol–water partition coefficient (Wildman–Crippen LogP) is 5.12. The second kappa shape index (κ2) is 13.5. The van der Waals surface area contributed by atoms with Crippen LogP contribution in [-0.2, 0) is 26.2 Å². The summed E-state index contributed by atoms with van der Waals surface area (Å²) in [6.07, 6.45) is 1.03. The Kier molecular flexibility index (Phi) is 10.4. The molecule has 1 N–H and O–H groups in total. The number of carbonyl (C=O) groups is 2. The van der Waals surface area contributed by atoms with Crippen molar-refractivity contribution in [3.05, 3.63) is 94.7 Å². The van der Waals surface area contributed by atoms with Gasteiger partial charge in [-0.15, -0.1) is 0 Å². The van der Waals surface area contributed by atoms with Gasteiger partial charge in [0.05, 0.1) is 10.6 Å². The van der Waals surface area contributed by atoms with Gasteiger partial charge in [-0.25, -0.2) is 12.8 Å². The Labute approximate surface area is 231 Å². The smallest absolute Gasteiger partial charge is 0.264 e. The van der Waals surface area contributed by atoms with E-state index in [1.165, 1.54) is 29.2 Å². The lowest BCUT2D eigenvalue weighted by atomic mass is 10.1. The Morgan fingerprint density at radius 3 is 2.26 bits per heavy atom. The van der Waals surface area contributed by atoms with Gasteiger partial charge in [0.2, 0.25) is 11.8 Å². The van der Waals surface area contributed by atoms with E-state index in [2.05, 4.69) is 21.2 Å². The first kappa shape index (κ1) is 29.3. The summed E-state index contributed by atoms with van der Waals surface area (Å²) < 4.78 is 42.7. The van der Waals surface area contributed by atoms with Crippen LogP contribution in [0.2, 0.25) is 0 Å². The molecule has 0 aliphatic rings. The van der Waals surface area contributed by atoms with E-state index in [1.54, 1.807) is 61.5 Å². The molecule has 0 heterocycles. The van der Waals surface area contributed by atoms with Crippen molar-refractivity contribution in [1.82, 2.24) is 10.2 Å². The minimum absolute atomic E-state index is 0.00880. The molecule has 2 amide bonds. The highest BCUT2D eigenvalue weighted by Crippen LogP contribution is 2.27. The van der Waals surface area contributed by atoms with Crippen LogP contribution in [0, 0.1) is 5.82 Å². The van der Waals surface area contributed by atoms with E-state index in [4.69, 9.17) is 0 Å².